The molecule has 0 amide bonds. The normalized spacial score (nSPS) is 13.4. The van der Waals surface area contributed by atoms with Crippen LogP contribution in [0, 0.1) is 0 Å². The van der Waals surface area contributed by atoms with Crippen LogP contribution in [0.4, 0.5) is 0 Å². The van der Waals surface area contributed by atoms with Crippen molar-refractivity contribution in [1.82, 2.24) is 0 Å². The number of phosphoric ester groups is 1. The van der Waals surface area contributed by atoms with Crippen LogP contribution < -0.4 is 4.89 Å². The highest BCUT2D eigenvalue weighted by molar-refractivity contribution is 7.45. The van der Waals surface area contributed by atoms with Crippen molar-refractivity contribution in [2.45, 2.75) is 251 Å². The number of quaternary nitrogens is 1. The molecule has 58 heavy (non-hydrogen) atoms. The average Bonchev–Trinajstić information content (AvgIpc) is 3.17. The summed E-state index contributed by atoms with van der Waals surface area (Å²) < 4.78 is 34.0. The lowest BCUT2D eigenvalue weighted by atomic mass is 10.0. The number of hydrogen-bond acceptors (Lipinski definition) is 8. The van der Waals surface area contributed by atoms with E-state index in [0.29, 0.717) is 17.4 Å². The van der Waals surface area contributed by atoms with Gasteiger partial charge in [-0.25, -0.2) is 0 Å². The van der Waals surface area contributed by atoms with E-state index in [-0.39, 0.29) is 32.0 Å². The molecule has 0 heterocycles. The summed E-state index contributed by atoms with van der Waals surface area (Å²) in [4.78, 5) is 37.6. The first-order chi connectivity index (χ1) is 28.0. The fourth-order valence-electron chi connectivity index (χ4n) is 7.25. The van der Waals surface area contributed by atoms with Crippen molar-refractivity contribution in [3.05, 3.63) is 0 Å². The van der Waals surface area contributed by atoms with Gasteiger partial charge in [0, 0.05) is 12.8 Å². The minimum Gasteiger partial charge on any atom is -0.756 e. The highest BCUT2D eigenvalue weighted by Crippen LogP contribution is 2.38. The molecule has 0 bridgehead atoms. The second kappa shape index (κ2) is 41.4. The van der Waals surface area contributed by atoms with Gasteiger partial charge in [0.15, 0.2) is 6.10 Å². The number of carbonyl (C=O) groups excluding carboxylic acids is 2. The summed E-state index contributed by atoms with van der Waals surface area (Å²) >= 11 is 0. The maximum absolute atomic E-state index is 12.7. The number of rotatable bonds is 46. The number of nitrogens with zero attached hydrogens (tertiary/aromatic N) is 1. The van der Waals surface area contributed by atoms with E-state index in [9.17, 15) is 19.0 Å². The van der Waals surface area contributed by atoms with Gasteiger partial charge in [-0.05, 0) is 12.8 Å². The van der Waals surface area contributed by atoms with Gasteiger partial charge in [0.2, 0.25) is 0 Å². The van der Waals surface area contributed by atoms with E-state index >= 15 is 0 Å². The van der Waals surface area contributed by atoms with Gasteiger partial charge >= 0.3 is 11.9 Å². The van der Waals surface area contributed by atoms with Gasteiger partial charge in [0.05, 0.1) is 27.7 Å². The number of likely N-dealkylation sites (N-methyl/N-ethyl adjacent to an activating group) is 1. The van der Waals surface area contributed by atoms with Crippen LogP contribution in [0.1, 0.15) is 245 Å². The molecular formula is C48H96NO8P. The predicted octanol–water partition coefficient (Wildman–Crippen LogP) is 13.7. The molecule has 0 aromatic carbocycles. The molecule has 0 rings (SSSR count). The van der Waals surface area contributed by atoms with E-state index in [1.54, 1.807) is 0 Å². The summed E-state index contributed by atoms with van der Waals surface area (Å²) in [6.07, 6.45) is 42.6. The number of unbranched alkanes of at least 4 members (excludes halogenated alkanes) is 32. The predicted molar refractivity (Wildman–Crippen MR) is 241 cm³/mol. The number of hydrogen-bond donors (Lipinski definition) is 0. The molecule has 0 N–H and O–H groups in total. The standard InChI is InChI=1S/C48H96NO8P/c1-6-8-10-12-14-16-18-20-22-24-26-28-30-32-34-36-38-40-47(50)54-44-46(45-56-58(52,53)55-43-42-49(3,4)5)57-48(51)41-39-37-35-33-31-29-27-25-23-21-19-17-15-13-11-9-7-2/h46H,6-45H2,1-5H3/t46-/m1/s1. The largest absolute Gasteiger partial charge is 0.756 e. The Morgan fingerprint density at radius 3 is 1.10 bits per heavy atom. The first-order valence-electron chi connectivity index (χ1n) is 24.7. The summed E-state index contributed by atoms with van der Waals surface area (Å²) in [5.74, 6) is -0.815. The Balaban J connectivity index is 4.23. The summed E-state index contributed by atoms with van der Waals surface area (Å²) in [6, 6.07) is 0. The van der Waals surface area contributed by atoms with Gasteiger partial charge in [-0.1, -0.05) is 219 Å². The van der Waals surface area contributed by atoms with Gasteiger partial charge in [-0.15, -0.1) is 0 Å². The minimum atomic E-state index is -4.62. The van der Waals surface area contributed by atoms with Crippen molar-refractivity contribution in [1.29, 1.82) is 0 Å². The zero-order valence-electron chi connectivity index (χ0n) is 39.0. The summed E-state index contributed by atoms with van der Waals surface area (Å²) in [5.41, 5.74) is 0. The fourth-order valence-corrected chi connectivity index (χ4v) is 7.97. The second-order valence-corrected chi connectivity index (χ2v) is 19.6. The monoisotopic (exact) mass is 846 g/mol. The molecule has 0 saturated heterocycles. The molecule has 0 fully saturated rings. The maximum atomic E-state index is 12.7. The lowest BCUT2D eigenvalue weighted by Gasteiger charge is -2.28. The van der Waals surface area contributed by atoms with Gasteiger partial charge in [0.25, 0.3) is 7.82 Å². The smallest absolute Gasteiger partial charge is 0.306 e. The molecule has 9 nitrogen and oxygen atoms in total. The van der Waals surface area contributed by atoms with E-state index in [2.05, 4.69) is 13.8 Å². The Morgan fingerprint density at radius 2 is 0.776 bits per heavy atom. The van der Waals surface area contributed by atoms with Gasteiger partial charge in [0.1, 0.15) is 19.8 Å². The molecule has 10 heteroatoms. The quantitative estimate of drug-likeness (QED) is 0.0258. The number of ether oxygens (including phenoxy) is 2. The van der Waals surface area contributed by atoms with Crippen LogP contribution in [0.2, 0.25) is 0 Å². The van der Waals surface area contributed by atoms with Gasteiger partial charge in [-0.2, -0.15) is 0 Å². The van der Waals surface area contributed by atoms with Crippen molar-refractivity contribution in [3.8, 4) is 0 Å². The van der Waals surface area contributed by atoms with Crippen LogP contribution in [-0.2, 0) is 32.7 Å². The van der Waals surface area contributed by atoms with Crippen molar-refractivity contribution in [2.24, 2.45) is 0 Å². The maximum Gasteiger partial charge on any atom is 0.306 e. The third-order valence-corrected chi connectivity index (χ3v) is 12.1. The summed E-state index contributed by atoms with van der Waals surface area (Å²) in [6.45, 7) is 4.29. The van der Waals surface area contributed by atoms with Crippen LogP contribution in [0.5, 0.6) is 0 Å². The molecule has 0 aliphatic heterocycles. The molecule has 0 aliphatic carbocycles. The fraction of sp³-hybridized carbons (Fsp3) is 0.958. The van der Waals surface area contributed by atoms with Gasteiger partial charge < -0.3 is 27.9 Å². The Labute approximate surface area is 359 Å². The Hall–Kier alpha value is -0.990. The molecular weight excluding hydrogens is 750 g/mol. The number of carbonyl (C=O) groups is 2. The lowest BCUT2D eigenvalue weighted by Crippen LogP contribution is -2.37. The molecule has 0 radical (unpaired) electrons. The number of phosphoric acid groups is 1. The first kappa shape index (κ1) is 57.0. The van der Waals surface area contributed by atoms with Crippen molar-refractivity contribution in [2.75, 3.05) is 47.5 Å². The molecule has 0 aromatic heterocycles. The molecule has 0 saturated carbocycles. The SMILES string of the molecule is CCCCCCCCCCCCCCCCCCCC(=O)OC[C@H](COP(=O)([O-])OCC[N+](C)(C)C)OC(=O)CCCCCCCCCCCCCCCCCCC. The van der Waals surface area contributed by atoms with Gasteiger partial charge in [-0.3, -0.25) is 14.2 Å². The average molecular weight is 846 g/mol. The van der Waals surface area contributed by atoms with Crippen molar-refractivity contribution < 1.29 is 42.1 Å². The van der Waals surface area contributed by atoms with E-state index in [4.69, 9.17) is 18.5 Å². The van der Waals surface area contributed by atoms with Crippen molar-refractivity contribution in [3.63, 3.8) is 0 Å². The summed E-state index contributed by atoms with van der Waals surface area (Å²) in [5, 5.41) is 0. The van der Waals surface area contributed by atoms with Crippen LogP contribution in [0.15, 0.2) is 0 Å². The first-order valence-corrected chi connectivity index (χ1v) is 26.2. The lowest BCUT2D eigenvalue weighted by molar-refractivity contribution is -0.870. The van der Waals surface area contributed by atoms with E-state index in [1.165, 1.54) is 180 Å². The Bertz CT molecular complexity index is 958. The third-order valence-electron chi connectivity index (χ3n) is 11.1. The highest BCUT2D eigenvalue weighted by atomic mass is 31.2. The van der Waals surface area contributed by atoms with Crippen LogP contribution >= 0.6 is 7.82 Å². The molecule has 346 valence electrons. The Kier molecular flexibility index (Phi) is 40.7. The van der Waals surface area contributed by atoms with E-state index < -0.39 is 26.5 Å². The van der Waals surface area contributed by atoms with Crippen molar-refractivity contribution >= 4 is 19.8 Å². The molecule has 1 unspecified atom stereocenters. The molecule has 0 aromatic rings. The molecule has 0 spiro atoms. The zero-order valence-corrected chi connectivity index (χ0v) is 39.9. The zero-order chi connectivity index (χ0) is 42.8. The molecule has 2 atom stereocenters. The van der Waals surface area contributed by atoms with Crippen LogP contribution in [0.3, 0.4) is 0 Å². The van der Waals surface area contributed by atoms with Crippen LogP contribution in [-0.4, -0.2) is 70.0 Å². The highest BCUT2D eigenvalue weighted by Gasteiger charge is 2.21. The third kappa shape index (κ3) is 44.6. The van der Waals surface area contributed by atoms with E-state index in [0.717, 1.165) is 32.1 Å². The second-order valence-electron chi connectivity index (χ2n) is 18.2. The summed E-state index contributed by atoms with van der Waals surface area (Å²) in [7, 11) is 1.19. The molecule has 0 aliphatic rings. The van der Waals surface area contributed by atoms with E-state index in [1.807, 2.05) is 21.1 Å². The minimum absolute atomic E-state index is 0.0254. The Morgan fingerprint density at radius 1 is 0.466 bits per heavy atom. The van der Waals surface area contributed by atoms with Crippen LogP contribution in [0.25, 0.3) is 0 Å². The topological polar surface area (TPSA) is 111 Å². The number of esters is 2.